The van der Waals surface area contributed by atoms with Crippen LogP contribution in [-0.4, -0.2) is 11.1 Å². The second-order valence-electron chi connectivity index (χ2n) is 4.22. The number of ether oxygens (including phenoxy) is 1. The fourth-order valence-corrected chi connectivity index (χ4v) is 1.93. The van der Waals surface area contributed by atoms with Crippen LogP contribution in [-0.2, 0) is 0 Å². The minimum atomic E-state index is 0.369. The number of fused-ring (bicyclic) bond motifs is 1. The summed E-state index contributed by atoms with van der Waals surface area (Å²) in [5.74, 6) is 0.856. The van der Waals surface area contributed by atoms with Crippen LogP contribution in [0.2, 0.25) is 0 Å². The molecule has 1 aliphatic rings. The van der Waals surface area contributed by atoms with E-state index in [0.717, 1.165) is 35.2 Å². The maximum atomic E-state index is 5.91. The van der Waals surface area contributed by atoms with Crippen LogP contribution in [0.3, 0.4) is 0 Å². The molecule has 82 valence electrons. The van der Waals surface area contributed by atoms with Gasteiger partial charge in [-0.05, 0) is 43.5 Å². The summed E-state index contributed by atoms with van der Waals surface area (Å²) in [4.78, 5) is 4.35. The molecular weight excluding hydrogens is 200 g/mol. The van der Waals surface area contributed by atoms with Gasteiger partial charge in [0, 0.05) is 17.3 Å². The van der Waals surface area contributed by atoms with Gasteiger partial charge in [0.05, 0.1) is 6.10 Å². The van der Waals surface area contributed by atoms with Gasteiger partial charge in [0.15, 0.2) is 0 Å². The molecule has 1 aromatic carbocycles. The summed E-state index contributed by atoms with van der Waals surface area (Å²) in [6.07, 6.45) is 5.71. The zero-order valence-electron chi connectivity index (χ0n) is 9.02. The van der Waals surface area contributed by atoms with Gasteiger partial charge >= 0.3 is 0 Å². The van der Waals surface area contributed by atoms with Crippen molar-refractivity contribution in [2.75, 3.05) is 5.73 Å². The molecule has 0 radical (unpaired) electrons. The average molecular weight is 214 g/mol. The van der Waals surface area contributed by atoms with Crippen molar-refractivity contribution in [1.82, 2.24) is 4.98 Å². The average Bonchev–Trinajstić information content (AvgIpc) is 2.26. The third-order valence-corrected chi connectivity index (χ3v) is 3.11. The van der Waals surface area contributed by atoms with Crippen LogP contribution in [0.25, 0.3) is 10.9 Å². The van der Waals surface area contributed by atoms with Gasteiger partial charge in [-0.1, -0.05) is 0 Å². The molecule has 0 saturated heterocycles. The fraction of sp³-hybridized carbons (Fsp3) is 0.308. The predicted molar refractivity (Wildman–Crippen MR) is 64.4 cm³/mol. The molecule has 1 aliphatic carbocycles. The van der Waals surface area contributed by atoms with Gasteiger partial charge in [-0.25, -0.2) is 0 Å². The number of aromatic nitrogens is 1. The van der Waals surface area contributed by atoms with Crippen LogP contribution in [0, 0.1) is 0 Å². The first-order valence-corrected chi connectivity index (χ1v) is 5.64. The van der Waals surface area contributed by atoms with Gasteiger partial charge in [-0.15, -0.1) is 0 Å². The third kappa shape index (κ3) is 1.48. The molecule has 0 aliphatic heterocycles. The van der Waals surface area contributed by atoms with E-state index in [0.29, 0.717) is 6.10 Å². The van der Waals surface area contributed by atoms with E-state index >= 15 is 0 Å². The number of hydrogen-bond acceptors (Lipinski definition) is 3. The molecule has 1 heterocycles. The van der Waals surface area contributed by atoms with Gasteiger partial charge < -0.3 is 10.5 Å². The Morgan fingerprint density at radius 3 is 2.88 bits per heavy atom. The van der Waals surface area contributed by atoms with Crippen molar-refractivity contribution in [3.05, 3.63) is 30.5 Å². The van der Waals surface area contributed by atoms with E-state index in [1.807, 2.05) is 24.3 Å². The van der Waals surface area contributed by atoms with Gasteiger partial charge in [-0.3, -0.25) is 4.98 Å². The topological polar surface area (TPSA) is 48.1 Å². The highest BCUT2D eigenvalue weighted by molar-refractivity contribution is 5.94. The van der Waals surface area contributed by atoms with Crippen LogP contribution < -0.4 is 10.5 Å². The van der Waals surface area contributed by atoms with Crippen LogP contribution in [0.5, 0.6) is 5.75 Å². The van der Waals surface area contributed by atoms with Crippen LogP contribution in [0.1, 0.15) is 19.3 Å². The molecular formula is C13H14N2O. The van der Waals surface area contributed by atoms with Gasteiger partial charge in [0.25, 0.3) is 0 Å². The number of benzene rings is 1. The first-order valence-electron chi connectivity index (χ1n) is 5.64. The number of anilines is 1. The van der Waals surface area contributed by atoms with Crippen molar-refractivity contribution in [2.24, 2.45) is 0 Å². The molecule has 3 nitrogen and oxygen atoms in total. The number of pyridine rings is 1. The Morgan fingerprint density at radius 1 is 1.25 bits per heavy atom. The lowest BCUT2D eigenvalue weighted by Crippen LogP contribution is -2.24. The second kappa shape index (κ2) is 3.67. The SMILES string of the molecule is Nc1ccc(OC2CCC2)c2ncccc12. The van der Waals surface area contributed by atoms with Crippen LogP contribution in [0.15, 0.2) is 30.5 Å². The number of hydrogen-bond donors (Lipinski definition) is 1. The summed E-state index contributed by atoms with van der Waals surface area (Å²) in [6, 6.07) is 7.68. The molecule has 0 spiro atoms. The Labute approximate surface area is 94.2 Å². The van der Waals surface area contributed by atoms with E-state index in [1.54, 1.807) is 6.20 Å². The summed E-state index contributed by atoms with van der Waals surface area (Å²) in [7, 11) is 0. The van der Waals surface area contributed by atoms with Crippen molar-refractivity contribution in [3.63, 3.8) is 0 Å². The summed E-state index contributed by atoms with van der Waals surface area (Å²) in [5, 5.41) is 0.972. The molecule has 1 fully saturated rings. The van der Waals surface area contributed by atoms with E-state index in [2.05, 4.69) is 4.98 Å². The highest BCUT2D eigenvalue weighted by atomic mass is 16.5. The molecule has 0 bridgehead atoms. The largest absolute Gasteiger partial charge is 0.488 e. The van der Waals surface area contributed by atoms with E-state index in [1.165, 1.54) is 6.42 Å². The second-order valence-corrected chi connectivity index (χ2v) is 4.22. The van der Waals surface area contributed by atoms with Gasteiger partial charge in [0.1, 0.15) is 11.3 Å². The molecule has 2 N–H and O–H groups in total. The Hall–Kier alpha value is -1.77. The zero-order valence-corrected chi connectivity index (χ0v) is 9.02. The van der Waals surface area contributed by atoms with E-state index in [4.69, 9.17) is 10.5 Å². The number of nitrogen functional groups attached to an aromatic ring is 1. The normalized spacial score (nSPS) is 16.0. The van der Waals surface area contributed by atoms with Gasteiger partial charge in [-0.2, -0.15) is 0 Å². The molecule has 3 rings (SSSR count). The van der Waals surface area contributed by atoms with Crippen molar-refractivity contribution in [1.29, 1.82) is 0 Å². The highest BCUT2D eigenvalue weighted by Crippen LogP contribution is 2.32. The van der Waals surface area contributed by atoms with Gasteiger partial charge in [0.2, 0.25) is 0 Å². The summed E-state index contributed by atoms with van der Waals surface area (Å²) >= 11 is 0. The Kier molecular flexibility index (Phi) is 2.17. The molecule has 16 heavy (non-hydrogen) atoms. The van der Waals surface area contributed by atoms with E-state index in [9.17, 15) is 0 Å². The quantitative estimate of drug-likeness (QED) is 0.782. The van der Waals surface area contributed by atoms with Crippen molar-refractivity contribution >= 4 is 16.6 Å². The van der Waals surface area contributed by atoms with E-state index < -0.39 is 0 Å². The lowest BCUT2D eigenvalue weighted by atomic mass is 9.96. The smallest absolute Gasteiger partial charge is 0.146 e. The Bertz CT molecular complexity index is 520. The third-order valence-electron chi connectivity index (χ3n) is 3.11. The Balaban J connectivity index is 2.06. The van der Waals surface area contributed by atoms with Crippen molar-refractivity contribution in [2.45, 2.75) is 25.4 Å². The molecule has 1 aromatic heterocycles. The molecule has 2 aromatic rings. The minimum absolute atomic E-state index is 0.369. The molecule has 3 heteroatoms. The number of rotatable bonds is 2. The number of nitrogens with zero attached hydrogens (tertiary/aromatic N) is 1. The minimum Gasteiger partial charge on any atom is -0.488 e. The lowest BCUT2D eigenvalue weighted by molar-refractivity contribution is 0.122. The van der Waals surface area contributed by atoms with Crippen molar-refractivity contribution < 1.29 is 4.74 Å². The number of nitrogens with two attached hydrogens (primary N) is 1. The highest BCUT2D eigenvalue weighted by Gasteiger charge is 2.20. The van der Waals surface area contributed by atoms with E-state index in [-0.39, 0.29) is 0 Å². The Morgan fingerprint density at radius 2 is 2.12 bits per heavy atom. The van der Waals surface area contributed by atoms with Crippen molar-refractivity contribution in [3.8, 4) is 5.75 Å². The summed E-state index contributed by atoms with van der Waals surface area (Å²) in [6.45, 7) is 0. The maximum Gasteiger partial charge on any atom is 0.146 e. The first-order chi connectivity index (χ1) is 7.84. The molecule has 1 saturated carbocycles. The lowest BCUT2D eigenvalue weighted by Gasteiger charge is -2.26. The van der Waals surface area contributed by atoms with Crippen LogP contribution in [0.4, 0.5) is 5.69 Å². The predicted octanol–water partition coefficient (Wildman–Crippen LogP) is 2.75. The van der Waals surface area contributed by atoms with Crippen LogP contribution >= 0.6 is 0 Å². The molecule has 0 amide bonds. The first kappa shape index (κ1) is 9.46. The fourth-order valence-electron chi connectivity index (χ4n) is 1.93. The maximum absolute atomic E-state index is 5.91. The summed E-state index contributed by atoms with van der Waals surface area (Å²) < 4.78 is 5.90. The standard InChI is InChI=1S/C13H14N2O/c14-11-6-7-12(16-9-3-1-4-9)13-10(11)5-2-8-15-13/h2,5-9H,1,3-4,14H2. The molecule has 0 unspecified atom stereocenters. The molecule has 0 atom stereocenters. The monoisotopic (exact) mass is 214 g/mol. The zero-order chi connectivity index (χ0) is 11.0. The summed E-state index contributed by atoms with van der Waals surface area (Å²) in [5.41, 5.74) is 7.53.